The maximum atomic E-state index is 6.08. The molecule has 1 atom stereocenters. The van der Waals surface area contributed by atoms with Crippen LogP contribution in [0.1, 0.15) is 30.1 Å². The van der Waals surface area contributed by atoms with E-state index in [4.69, 9.17) is 17.3 Å². The Bertz CT molecular complexity index is 519. The number of aryl methyl sites for hydroxylation is 1. The third-order valence-electron chi connectivity index (χ3n) is 3.21. The number of nitrogens with one attached hydrogen (secondary N) is 1. The molecule has 2 aromatic rings. The maximum absolute atomic E-state index is 6.08. The highest BCUT2D eigenvalue weighted by molar-refractivity contribution is 6.31. The molecule has 1 aromatic carbocycles. The third kappa shape index (κ3) is 1.71. The summed E-state index contributed by atoms with van der Waals surface area (Å²) >= 11 is 6.01. The molecule has 0 saturated heterocycles. The smallest absolute Gasteiger partial charge is 0.0460 e. The Morgan fingerprint density at radius 1 is 1.38 bits per heavy atom. The van der Waals surface area contributed by atoms with E-state index in [1.54, 1.807) is 0 Å². The summed E-state index contributed by atoms with van der Waals surface area (Å²) in [6.07, 6.45) is 3.37. The molecule has 16 heavy (non-hydrogen) atoms. The fourth-order valence-corrected chi connectivity index (χ4v) is 2.64. The lowest BCUT2D eigenvalue weighted by Crippen LogP contribution is -2.16. The van der Waals surface area contributed by atoms with Gasteiger partial charge >= 0.3 is 0 Å². The van der Waals surface area contributed by atoms with Crippen molar-refractivity contribution in [3.63, 3.8) is 0 Å². The van der Waals surface area contributed by atoms with Gasteiger partial charge in [0.25, 0.3) is 0 Å². The van der Waals surface area contributed by atoms with Gasteiger partial charge in [0.15, 0.2) is 0 Å². The predicted octanol–water partition coefficient (Wildman–Crippen LogP) is 3.58. The standard InChI is InChI=1S/C12H13ClN2.ClH/c13-7-4-5-11-9(6-7)8-2-1-3-10(14)12(8)15-11;/h4-6,10,15H,1-3,14H2;1H. The molecule has 1 aliphatic carbocycles. The van der Waals surface area contributed by atoms with Crippen LogP contribution in [0.3, 0.4) is 0 Å². The van der Waals surface area contributed by atoms with E-state index in [-0.39, 0.29) is 18.4 Å². The van der Waals surface area contributed by atoms with Crippen LogP contribution in [-0.4, -0.2) is 4.98 Å². The number of aromatic nitrogens is 1. The minimum atomic E-state index is 0. The summed E-state index contributed by atoms with van der Waals surface area (Å²) in [6.45, 7) is 0. The highest BCUT2D eigenvalue weighted by Gasteiger charge is 2.21. The molecule has 0 saturated carbocycles. The number of benzene rings is 1. The van der Waals surface area contributed by atoms with Crippen molar-refractivity contribution >= 4 is 34.9 Å². The quantitative estimate of drug-likeness (QED) is 0.744. The molecule has 3 N–H and O–H groups in total. The van der Waals surface area contributed by atoms with Crippen molar-refractivity contribution < 1.29 is 0 Å². The minimum Gasteiger partial charge on any atom is -0.357 e. The molecule has 4 heteroatoms. The zero-order valence-electron chi connectivity index (χ0n) is 8.79. The molecule has 0 bridgehead atoms. The molecular weight excluding hydrogens is 243 g/mol. The molecule has 0 fully saturated rings. The summed E-state index contributed by atoms with van der Waals surface area (Å²) in [4.78, 5) is 3.41. The van der Waals surface area contributed by atoms with E-state index in [1.807, 2.05) is 18.2 Å². The number of aromatic amines is 1. The maximum Gasteiger partial charge on any atom is 0.0460 e. The zero-order valence-corrected chi connectivity index (χ0v) is 10.4. The van der Waals surface area contributed by atoms with Crippen molar-refractivity contribution in [1.82, 2.24) is 4.98 Å². The normalized spacial score (nSPS) is 19.2. The van der Waals surface area contributed by atoms with Crippen LogP contribution in [0.25, 0.3) is 10.9 Å². The lowest BCUT2D eigenvalue weighted by Gasteiger charge is -2.18. The SMILES string of the molecule is Cl.NC1CCCc2c1[nH]c1ccc(Cl)cc21. The average Bonchev–Trinajstić information content (AvgIpc) is 2.58. The molecule has 86 valence electrons. The first kappa shape index (κ1) is 11.8. The van der Waals surface area contributed by atoms with E-state index in [9.17, 15) is 0 Å². The van der Waals surface area contributed by atoms with Crippen LogP contribution in [0.5, 0.6) is 0 Å². The van der Waals surface area contributed by atoms with Gasteiger partial charge in [0.05, 0.1) is 0 Å². The topological polar surface area (TPSA) is 41.8 Å². The van der Waals surface area contributed by atoms with Crippen molar-refractivity contribution in [2.45, 2.75) is 25.3 Å². The van der Waals surface area contributed by atoms with Crippen molar-refractivity contribution in [3.05, 3.63) is 34.5 Å². The second-order valence-corrected chi connectivity index (χ2v) is 4.64. The van der Waals surface area contributed by atoms with E-state index in [0.29, 0.717) is 0 Å². The van der Waals surface area contributed by atoms with Gasteiger partial charge in [0.2, 0.25) is 0 Å². The Kier molecular flexibility index (Phi) is 3.15. The molecule has 0 amide bonds. The molecule has 0 spiro atoms. The van der Waals surface area contributed by atoms with Crippen molar-refractivity contribution in [1.29, 1.82) is 0 Å². The van der Waals surface area contributed by atoms with Crippen LogP contribution >= 0.6 is 24.0 Å². The highest BCUT2D eigenvalue weighted by atomic mass is 35.5. The number of halogens is 2. The second kappa shape index (κ2) is 4.28. The molecule has 2 nitrogen and oxygen atoms in total. The van der Waals surface area contributed by atoms with Gasteiger partial charge in [0, 0.05) is 27.7 Å². The number of hydrogen-bond donors (Lipinski definition) is 2. The summed E-state index contributed by atoms with van der Waals surface area (Å²) < 4.78 is 0. The van der Waals surface area contributed by atoms with Crippen LogP contribution in [0, 0.1) is 0 Å². The fourth-order valence-electron chi connectivity index (χ4n) is 2.47. The van der Waals surface area contributed by atoms with Crippen LogP contribution in [0.4, 0.5) is 0 Å². The molecule has 1 aromatic heterocycles. The lowest BCUT2D eigenvalue weighted by atomic mass is 9.92. The van der Waals surface area contributed by atoms with Crippen molar-refractivity contribution in [2.75, 3.05) is 0 Å². The molecule has 3 rings (SSSR count). The molecule has 1 heterocycles. The monoisotopic (exact) mass is 256 g/mol. The van der Waals surface area contributed by atoms with Gasteiger partial charge in [-0.05, 0) is 43.0 Å². The molecule has 0 radical (unpaired) electrons. The molecule has 1 unspecified atom stereocenters. The van der Waals surface area contributed by atoms with Crippen molar-refractivity contribution in [2.24, 2.45) is 5.73 Å². The number of hydrogen-bond acceptors (Lipinski definition) is 1. The Hall–Kier alpha value is -0.700. The van der Waals surface area contributed by atoms with E-state index < -0.39 is 0 Å². The van der Waals surface area contributed by atoms with E-state index in [1.165, 1.54) is 23.1 Å². The van der Waals surface area contributed by atoms with E-state index in [2.05, 4.69) is 4.98 Å². The summed E-state index contributed by atoms with van der Waals surface area (Å²) in [5.74, 6) is 0. The van der Waals surface area contributed by atoms with Gasteiger partial charge in [-0.2, -0.15) is 0 Å². The summed E-state index contributed by atoms with van der Waals surface area (Å²) in [5.41, 5.74) is 9.81. The minimum absolute atomic E-state index is 0. The largest absolute Gasteiger partial charge is 0.357 e. The Balaban J connectivity index is 0.000000963. The van der Waals surface area contributed by atoms with Gasteiger partial charge in [0.1, 0.15) is 0 Å². The molecule has 0 aliphatic heterocycles. The van der Waals surface area contributed by atoms with Gasteiger partial charge in [-0.1, -0.05) is 11.6 Å². The Morgan fingerprint density at radius 3 is 3.00 bits per heavy atom. The van der Waals surface area contributed by atoms with Crippen molar-refractivity contribution in [3.8, 4) is 0 Å². The van der Waals surface area contributed by atoms with E-state index >= 15 is 0 Å². The highest BCUT2D eigenvalue weighted by Crippen LogP contribution is 2.34. The first-order chi connectivity index (χ1) is 7.25. The lowest BCUT2D eigenvalue weighted by molar-refractivity contribution is 0.562. The summed E-state index contributed by atoms with van der Waals surface area (Å²) in [6, 6.07) is 6.14. The Labute approximate surface area is 106 Å². The predicted molar refractivity (Wildman–Crippen MR) is 70.4 cm³/mol. The number of H-pyrrole nitrogens is 1. The van der Waals surface area contributed by atoms with Crippen LogP contribution in [0.15, 0.2) is 18.2 Å². The number of rotatable bonds is 0. The van der Waals surface area contributed by atoms with Crippen LogP contribution < -0.4 is 5.73 Å². The number of nitrogens with two attached hydrogens (primary N) is 1. The van der Waals surface area contributed by atoms with Gasteiger partial charge in [-0.25, -0.2) is 0 Å². The Morgan fingerprint density at radius 2 is 2.19 bits per heavy atom. The molecule has 1 aliphatic rings. The van der Waals surface area contributed by atoms with Gasteiger partial charge < -0.3 is 10.7 Å². The summed E-state index contributed by atoms with van der Waals surface area (Å²) in [5, 5.41) is 2.04. The first-order valence-corrected chi connectivity index (χ1v) is 5.69. The molecular formula is C12H14Cl2N2. The summed E-state index contributed by atoms with van der Waals surface area (Å²) in [7, 11) is 0. The van der Waals surface area contributed by atoms with E-state index in [0.717, 1.165) is 23.4 Å². The number of fused-ring (bicyclic) bond motifs is 3. The first-order valence-electron chi connectivity index (χ1n) is 5.31. The fraction of sp³-hybridized carbons (Fsp3) is 0.333. The zero-order chi connectivity index (χ0) is 10.4. The van der Waals surface area contributed by atoms with Gasteiger partial charge in [-0.3, -0.25) is 0 Å². The third-order valence-corrected chi connectivity index (χ3v) is 3.45. The van der Waals surface area contributed by atoms with Crippen LogP contribution in [0.2, 0.25) is 5.02 Å². The van der Waals surface area contributed by atoms with Gasteiger partial charge in [-0.15, -0.1) is 12.4 Å². The van der Waals surface area contributed by atoms with Crippen LogP contribution in [-0.2, 0) is 6.42 Å². The average molecular weight is 257 g/mol. The second-order valence-electron chi connectivity index (χ2n) is 4.21.